The summed E-state index contributed by atoms with van der Waals surface area (Å²) in [5, 5.41) is 17.4. The summed E-state index contributed by atoms with van der Waals surface area (Å²) in [4.78, 5) is 53.6. The van der Waals surface area contributed by atoms with Crippen LogP contribution in [0.1, 0.15) is 38.7 Å². The number of hydrogen-bond donors (Lipinski definition) is 7. The van der Waals surface area contributed by atoms with Crippen molar-refractivity contribution in [1.29, 1.82) is 0 Å². The fourth-order valence-corrected chi connectivity index (χ4v) is 3.29. The van der Waals surface area contributed by atoms with Crippen LogP contribution in [-0.4, -0.2) is 66.0 Å². The second-order valence-corrected chi connectivity index (χ2v) is 8.23. The van der Waals surface area contributed by atoms with Crippen molar-refractivity contribution in [2.24, 2.45) is 28.1 Å². The van der Waals surface area contributed by atoms with E-state index in [1.807, 2.05) is 6.92 Å². The van der Waals surface area contributed by atoms with Crippen LogP contribution in [0, 0.1) is 5.92 Å². The van der Waals surface area contributed by atoms with Gasteiger partial charge in [-0.15, -0.1) is 0 Å². The van der Waals surface area contributed by atoms with E-state index in [2.05, 4.69) is 20.9 Å². The number of carbonyl (C=O) groups excluding carboxylic acids is 3. The van der Waals surface area contributed by atoms with Crippen molar-refractivity contribution in [2.45, 2.75) is 57.7 Å². The van der Waals surface area contributed by atoms with Gasteiger partial charge >= 0.3 is 5.97 Å². The summed E-state index contributed by atoms with van der Waals surface area (Å²) in [5.41, 5.74) is 16.8. The minimum Gasteiger partial charge on any atom is -0.480 e. The molecule has 0 aliphatic rings. The minimum atomic E-state index is -1.21. The Morgan fingerprint density at radius 2 is 1.63 bits per heavy atom. The molecule has 1 rings (SSSR count). The van der Waals surface area contributed by atoms with E-state index in [9.17, 15) is 24.3 Å². The van der Waals surface area contributed by atoms with Gasteiger partial charge in [0.2, 0.25) is 17.7 Å². The molecule has 0 spiro atoms. The summed E-state index contributed by atoms with van der Waals surface area (Å²) in [5.74, 6) is -3.29. The van der Waals surface area contributed by atoms with Crippen LogP contribution in [0.25, 0.3) is 0 Å². The van der Waals surface area contributed by atoms with Crippen LogP contribution in [0.2, 0.25) is 0 Å². The predicted molar refractivity (Wildman–Crippen MR) is 132 cm³/mol. The van der Waals surface area contributed by atoms with E-state index in [1.54, 1.807) is 37.3 Å². The number of amides is 3. The number of aliphatic imine (C=N–C) groups is 1. The lowest BCUT2D eigenvalue weighted by atomic mass is 9.97. The molecule has 1 aromatic rings. The largest absolute Gasteiger partial charge is 0.480 e. The van der Waals surface area contributed by atoms with Crippen LogP contribution in [0.15, 0.2) is 35.3 Å². The molecule has 0 bridgehead atoms. The lowest BCUT2D eigenvalue weighted by molar-refractivity contribution is -0.142. The Hall–Kier alpha value is -3.67. The van der Waals surface area contributed by atoms with Gasteiger partial charge in [0.15, 0.2) is 5.96 Å². The van der Waals surface area contributed by atoms with Crippen molar-refractivity contribution in [2.75, 3.05) is 13.1 Å². The number of benzene rings is 1. The van der Waals surface area contributed by atoms with Gasteiger partial charge in [0, 0.05) is 13.0 Å². The Kier molecular flexibility index (Phi) is 12.8. The third kappa shape index (κ3) is 10.9. The number of carboxylic acid groups (broad SMARTS) is 1. The van der Waals surface area contributed by atoms with Gasteiger partial charge in [-0.05, 0) is 24.3 Å². The summed E-state index contributed by atoms with van der Waals surface area (Å²) in [6.07, 6.45) is 1.14. The highest BCUT2D eigenvalue weighted by Gasteiger charge is 2.31. The Morgan fingerprint density at radius 3 is 2.17 bits per heavy atom. The molecule has 0 heterocycles. The van der Waals surface area contributed by atoms with Crippen LogP contribution < -0.4 is 33.2 Å². The molecule has 0 fully saturated rings. The number of guanidine groups is 1. The van der Waals surface area contributed by atoms with Gasteiger partial charge < -0.3 is 38.3 Å². The standard InChI is InChI=1S/C23H37N7O5/c1-3-14(2)19(30-18(31)13-24)21(33)28-16(10-7-11-27-23(25)26)20(32)29-17(22(34)35)12-15-8-5-4-6-9-15/h4-6,8-9,14,16-17,19H,3,7,10-13,24H2,1-2H3,(H,28,33)(H,29,32)(H,30,31)(H,34,35)(H4,25,26,27). The maximum atomic E-state index is 13.1. The van der Waals surface area contributed by atoms with E-state index in [1.165, 1.54) is 0 Å². The molecule has 0 aromatic heterocycles. The number of carbonyl (C=O) groups is 4. The Balaban J connectivity index is 3.03. The van der Waals surface area contributed by atoms with E-state index in [0.29, 0.717) is 12.8 Å². The quantitative estimate of drug-likeness (QED) is 0.0898. The molecular formula is C23H37N7O5. The zero-order chi connectivity index (χ0) is 26.4. The molecule has 3 amide bonds. The molecule has 4 atom stereocenters. The fraction of sp³-hybridized carbons (Fsp3) is 0.522. The molecule has 194 valence electrons. The van der Waals surface area contributed by atoms with Crippen LogP contribution in [-0.2, 0) is 25.6 Å². The maximum absolute atomic E-state index is 13.1. The molecule has 4 unspecified atom stereocenters. The number of nitrogens with zero attached hydrogens (tertiary/aromatic N) is 1. The topological polar surface area (TPSA) is 215 Å². The van der Waals surface area contributed by atoms with Crippen molar-refractivity contribution in [3.8, 4) is 0 Å². The van der Waals surface area contributed by atoms with Crippen molar-refractivity contribution in [1.82, 2.24) is 16.0 Å². The van der Waals surface area contributed by atoms with Crippen molar-refractivity contribution < 1.29 is 24.3 Å². The lowest BCUT2D eigenvalue weighted by Crippen LogP contribution is -2.57. The molecule has 0 radical (unpaired) electrons. The van der Waals surface area contributed by atoms with Gasteiger partial charge in [-0.25, -0.2) is 4.79 Å². The molecule has 0 aliphatic carbocycles. The average Bonchev–Trinajstić information content (AvgIpc) is 2.83. The molecule has 0 aliphatic heterocycles. The third-order valence-corrected chi connectivity index (χ3v) is 5.47. The van der Waals surface area contributed by atoms with Gasteiger partial charge in [0.25, 0.3) is 0 Å². The molecule has 0 saturated heterocycles. The smallest absolute Gasteiger partial charge is 0.326 e. The van der Waals surface area contributed by atoms with Gasteiger partial charge in [-0.1, -0.05) is 50.6 Å². The molecule has 1 aromatic carbocycles. The number of nitrogens with two attached hydrogens (primary N) is 3. The molecule has 12 heteroatoms. The van der Waals surface area contributed by atoms with Gasteiger partial charge in [0.05, 0.1) is 6.54 Å². The zero-order valence-electron chi connectivity index (χ0n) is 20.2. The first kappa shape index (κ1) is 29.4. The second-order valence-electron chi connectivity index (χ2n) is 8.23. The number of carboxylic acids is 1. The Labute approximate surface area is 205 Å². The number of rotatable bonds is 15. The number of aliphatic carboxylic acids is 1. The van der Waals surface area contributed by atoms with E-state index in [-0.39, 0.29) is 37.8 Å². The number of nitrogens with one attached hydrogen (secondary N) is 3. The molecule has 35 heavy (non-hydrogen) atoms. The van der Waals surface area contributed by atoms with Crippen LogP contribution in [0.5, 0.6) is 0 Å². The molecule has 10 N–H and O–H groups in total. The summed E-state index contributed by atoms with van der Waals surface area (Å²) in [6, 6.07) is 5.67. The normalized spacial score (nSPS) is 14.0. The Bertz CT molecular complexity index is 874. The first-order valence-electron chi connectivity index (χ1n) is 11.5. The van der Waals surface area contributed by atoms with Crippen molar-refractivity contribution in [3.05, 3.63) is 35.9 Å². The fourth-order valence-electron chi connectivity index (χ4n) is 3.29. The second kappa shape index (κ2) is 15.3. The highest BCUT2D eigenvalue weighted by Crippen LogP contribution is 2.10. The SMILES string of the molecule is CCC(C)C(NC(=O)CN)C(=O)NC(CCCN=C(N)N)C(=O)NC(Cc1ccccc1)C(=O)O. The summed E-state index contributed by atoms with van der Waals surface area (Å²) >= 11 is 0. The van der Waals surface area contributed by atoms with Crippen molar-refractivity contribution >= 4 is 29.7 Å². The van der Waals surface area contributed by atoms with E-state index >= 15 is 0 Å². The maximum Gasteiger partial charge on any atom is 0.326 e. The molecule has 12 nitrogen and oxygen atoms in total. The monoisotopic (exact) mass is 491 g/mol. The van der Waals surface area contributed by atoms with Gasteiger partial charge in [-0.2, -0.15) is 0 Å². The number of hydrogen-bond acceptors (Lipinski definition) is 6. The third-order valence-electron chi connectivity index (χ3n) is 5.47. The lowest BCUT2D eigenvalue weighted by Gasteiger charge is -2.27. The highest BCUT2D eigenvalue weighted by molar-refractivity contribution is 5.93. The summed E-state index contributed by atoms with van der Waals surface area (Å²) in [7, 11) is 0. The van der Waals surface area contributed by atoms with Gasteiger partial charge in [0.1, 0.15) is 18.1 Å². The zero-order valence-corrected chi connectivity index (χ0v) is 20.2. The van der Waals surface area contributed by atoms with E-state index < -0.39 is 41.8 Å². The summed E-state index contributed by atoms with van der Waals surface area (Å²) < 4.78 is 0. The highest BCUT2D eigenvalue weighted by atomic mass is 16.4. The first-order chi connectivity index (χ1) is 16.6. The Morgan fingerprint density at radius 1 is 1.00 bits per heavy atom. The molecule has 0 saturated carbocycles. The van der Waals surface area contributed by atoms with Crippen LogP contribution in [0.3, 0.4) is 0 Å². The van der Waals surface area contributed by atoms with Crippen molar-refractivity contribution in [3.63, 3.8) is 0 Å². The van der Waals surface area contributed by atoms with E-state index in [0.717, 1.165) is 5.56 Å². The van der Waals surface area contributed by atoms with Crippen LogP contribution in [0.4, 0.5) is 0 Å². The molecular weight excluding hydrogens is 454 g/mol. The first-order valence-corrected chi connectivity index (χ1v) is 11.5. The van der Waals surface area contributed by atoms with Gasteiger partial charge in [-0.3, -0.25) is 19.4 Å². The van der Waals surface area contributed by atoms with Crippen LogP contribution >= 0.6 is 0 Å². The average molecular weight is 492 g/mol. The van der Waals surface area contributed by atoms with E-state index in [4.69, 9.17) is 17.2 Å². The minimum absolute atomic E-state index is 0.0681. The summed E-state index contributed by atoms with van der Waals surface area (Å²) in [6.45, 7) is 3.57. The predicted octanol–water partition coefficient (Wildman–Crippen LogP) is -1.17.